The van der Waals surface area contributed by atoms with Gasteiger partial charge in [0.1, 0.15) is 6.04 Å². The highest BCUT2D eigenvalue weighted by atomic mass is 32.2. The maximum atomic E-state index is 12.3. The summed E-state index contributed by atoms with van der Waals surface area (Å²) in [6, 6.07) is -0.764. The van der Waals surface area contributed by atoms with E-state index in [0.29, 0.717) is 18.6 Å². The standard InChI is InChI=1S/C12H19NO5S3/c1-2-11-13(9(5-20-11)12(15)16)10(14)6-19-8-3-4-21(17,18)7-8/h8-9,11H,2-7H2,1H3,(H,15,16). The molecule has 0 spiro atoms. The van der Waals surface area contributed by atoms with E-state index < -0.39 is 21.8 Å². The normalized spacial score (nSPS) is 31.5. The summed E-state index contributed by atoms with van der Waals surface area (Å²) in [7, 11) is -2.95. The zero-order valence-electron chi connectivity index (χ0n) is 11.7. The molecule has 0 aromatic carbocycles. The Kier molecular flexibility index (Phi) is 5.48. The van der Waals surface area contributed by atoms with Gasteiger partial charge in [-0.1, -0.05) is 6.92 Å². The molecule has 2 fully saturated rings. The van der Waals surface area contributed by atoms with Crippen LogP contribution in [0.15, 0.2) is 0 Å². The molecule has 6 nitrogen and oxygen atoms in total. The Balaban J connectivity index is 1.93. The Bertz CT molecular complexity index is 521. The Labute approximate surface area is 132 Å². The predicted octanol–water partition coefficient (Wildman–Crippen LogP) is 0.671. The highest BCUT2D eigenvalue weighted by molar-refractivity contribution is 8.02. The third-order valence-corrected chi connectivity index (χ3v) is 8.37. The first-order chi connectivity index (χ1) is 9.84. The second-order valence-electron chi connectivity index (χ2n) is 5.19. The van der Waals surface area contributed by atoms with E-state index in [1.165, 1.54) is 28.4 Å². The van der Waals surface area contributed by atoms with Gasteiger partial charge >= 0.3 is 5.97 Å². The fourth-order valence-corrected chi connectivity index (χ4v) is 7.44. The Hall–Kier alpha value is -0.410. The first-order valence-corrected chi connectivity index (χ1v) is 10.7. The number of carbonyl (C=O) groups excluding carboxylic acids is 1. The molecule has 2 saturated heterocycles. The molecule has 9 heteroatoms. The zero-order chi connectivity index (χ0) is 15.6. The molecule has 3 unspecified atom stereocenters. The topological polar surface area (TPSA) is 91.8 Å². The van der Waals surface area contributed by atoms with Crippen molar-refractivity contribution >= 4 is 45.2 Å². The Morgan fingerprint density at radius 2 is 2.14 bits per heavy atom. The summed E-state index contributed by atoms with van der Waals surface area (Å²) in [5.74, 6) is -0.287. The first-order valence-electron chi connectivity index (χ1n) is 6.81. The average molecular weight is 353 g/mol. The predicted molar refractivity (Wildman–Crippen MR) is 84.3 cm³/mol. The van der Waals surface area contributed by atoms with E-state index in [1.54, 1.807) is 0 Å². The van der Waals surface area contributed by atoms with Crippen molar-refractivity contribution in [3.05, 3.63) is 0 Å². The molecule has 0 aromatic heterocycles. The van der Waals surface area contributed by atoms with Crippen molar-refractivity contribution in [3.63, 3.8) is 0 Å². The van der Waals surface area contributed by atoms with Gasteiger partial charge in [-0.05, 0) is 12.8 Å². The molecule has 0 radical (unpaired) electrons. The van der Waals surface area contributed by atoms with Gasteiger partial charge in [-0.25, -0.2) is 13.2 Å². The van der Waals surface area contributed by atoms with Gasteiger partial charge in [-0.2, -0.15) is 0 Å². The quantitative estimate of drug-likeness (QED) is 0.777. The van der Waals surface area contributed by atoms with Gasteiger partial charge in [-0.3, -0.25) is 4.79 Å². The minimum absolute atomic E-state index is 0.0439. The van der Waals surface area contributed by atoms with Crippen LogP contribution in [0, 0.1) is 0 Å². The third-order valence-electron chi connectivity index (χ3n) is 3.65. The molecule has 2 heterocycles. The number of rotatable bonds is 5. The molecule has 120 valence electrons. The van der Waals surface area contributed by atoms with Crippen molar-refractivity contribution in [2.75, 3.05) is 23.0 Å². The molecule has 0 saturated carbocycles. The van der Waals surface area contributed by atoms with Crippen LogP contribution in [0.5, 0.6) is 0 Å². The van der Waals surface area contributed by atoms with E-state index in [9.17, 15) is 23.1 Å². The summed E-state index contributed by atoms with van der Waals surface area (Å²) in [5.41, 5.74) is 0. The van der Waals surface area contributed by atoms with Crippen LogP contribution in [0.3, 0.4) is 0 Å². The monoisotopic (exact) mass is 353 g/mol. The number of aliphatic carboxylic acids is 1. The number of hydrogen-bond acceptors (Lipinski definition) is 6. The Morgan fingerprint density at radius 3 is 2.67 bits per heavy atom. The number of nitrogens with zero attached hydrogens (tertiary/aromatic N) is 1. The van der Waals surface area contributed by atoms with Crippen molar-refractivity contribution < 1.29 is 23.1 Å². The summed E-state index contributed by atoms with van der Waals surface area (Å²) in [6.07, 6.45) is 1.29. The van der Waals surface area contributed by atoms with Crippen LogP contribution in [0.25, 0.3) is 0 Å². The molecule has 0 aromatic rings. The highest BCUT2D eigenvalue weighted by Crippen LogP contribution is 2.33. The largest absolute Gasteiger partial charge is 0.480 e. The maximum absolute atomic E-state index is 12.3. The molecule has 1 amide bonds. The molecule has 0 bridgehead atoms. The van der Waals surface area contributed by atoms with Gasteiger partial charge in [0.05, 0.1) is 22.6 Å². The van der Waals surface area contributed by atoms with Crippen LogP contribution in [-0.2, 0) is 19.4 Å². The van der Waals surface area contributed by atoms with Crippen molar-refractivity contribution in [2.45, 2.75) is 36.4 Å². The van der Waals surface area contributed by atoms with Crippen molar-refractivity contribution in [3.8, 4) is 0 Å². The summed E-state index contributed by atoms with van der Waals surface area (Å²) in [6.45, 7) is 1.93. The van der Waals surface area contributed by atoms with E-state index in [0.717, 1.165) is 0 Å². The molecular formula is C12H19NO5S3. The van der Waals surface area contributed by atoms with Crippen LogP contribution < -0.4 is 0 Å². The molecule has 1 N–H and O–H groups in total. The molecule has 2 rings (SSSR count). The number of carboxylic acids is 1. The summed E-state index contributed by atoms with van der Waals surface area (Å²) < 4.78 is 22.8. The first kappa shape index (κ1) is 17.0. The van der Waals surface area contributed by atoms with Crippen LogP contribution >= 0.6 is 23.5 Å². The second-order valence-corrected chi connectivity index (χ2v) is 9.92. The molecule has 0 aliphatic carbocycles. The van der Waals surface area contributed by atoms with Crippen LogP contribution in [0.2, 0.25) is 0 Å². The lowest BCUT2D eigenvalue weighted by atomic mass is 10.2. The number of carbonyl (C=O) groups is 2. The third kappa shape index (κ3) is 4.07. The van der Waals surface area contributed by atoms with E-state index >= 15 is 0 Å². The molecule has 2 aliphatic heterocycles. The van der Waals surface area contributed by atoms with Gasteiger partial charge in [0.15, 0.2) is 9.84 Å². The second kappa shape index (κ2) is 6.78. The lowest BCUT2D eigenvalue weighted by Gasteiger charge is -2.26. The van der Waals surface area contributed by atoms with E-state index in [1.807, 2.05) is 6.92 Å². The molecule has 21 heavy (non-hydrogen) atoms. The van der Waals surface area contributed by atoms with Crippen LogP contribution in [0.4, 0.5) is 0 Å². The minimum atomic E-state index is -2.95. The van der Waals surface area contributed by atoms with E-state index in [-0.39, 0.29) is 33.8 Å². The fraction of sp³-hybridized carbons (Fsp3) is 0.833. The average Bonchev–Trinajstić information content (AvgIpc) is 2.98. The SMILES string of the molecule is CCC1SCC(C(=O)O)N1C(=O)CSC1CCS(=O)(=O)C1. The summed E-state index contributed by atoms with van der Waals surface area (Å²) in [4.78, 5) is 25.0. The van der Waals surface area contributed by atoms with E-state index in [4.69, 9.17) is 0 Å². The number of amides is 1. The van der Waals surface area contributed by atoms with Gasteiger partial charge in [0.2, 0.25) is 5.91 Å². The summed E-state index contributed by atoms with van der Waals surface area (Å²) in [5, 5.41) is 9.07. The maximum Gasteiger partial charge on any atom is 0.327 e. The number of sulfone groups is 1. The van der Waals surface area contributed by atoms with Gasteiger partial charge < -0.3 is 10.0 Å². The van der Waals surface area contributed by atoms with Crippen molar-refractivity contribution in [1.29, 1.82) is 0 Å². The van der Waals surface area contributed by atoms with E-state index in [2.05, 4.69) is 0 Å². The van der Waals surface area contributed by atoms with Gasteiger partial charge in [0.25, 0.3) is 0 Å². The lowest BCUT2D eigenvalue weighted by Crippen LogP contribution is -2.46. The number of carboxylic acid groups (broad SMARTS) is 1. The highest BCUT2D eigenvalue weighted by Gasteiger charge is 2.41. The lowest BCUT2D eigenvalue weighted by molar-refractivity contribution is -0.148. The fourth-order valence-electron chi connectivity index (χ4n) is 2.56. The smallest absolute Gasteiger partial charge is 0.327 e. The van der Waals surface area contributed by atoms with Crippen molar-refractivity contribution in [2.24, 2.45) is 0 Å². The minimum Gasteiger partial charge on any atom is -0.480 e. The number of thioether (sulfide) groups is 2. The summed E-state index contributed by atoms with van der Waals surface area (Å²) >= 11 is 2.83. The number of hydrogen-bond donors (Lipinski definition) is 1. The molecule has 2 aliphatic rings. The molecular weight excluding hydrogens is 334 g/mol. The van der Waals surface area contributed by atoms with Gasteiger partial charge in [-0.15, -0.1) is 23.5 Å². The Morgan fingerprint density at radius 1 is 1.43 bits per heavy atom. The zero-order valence-corrected chi connectivity index (χ0v) is 14.2. The molecule has 3 atom stereocenters. The van der Waals surface area contributed by atoms with Crippen LogP contribution in [-0.4, -0.2) is 70.0 Å². The van der Waals surface area contributed by atoms with Gasteiger partial charge in [0, 0.05) is 11.0 Å². The van der Waals surface area contributed by atoms with Crippen LogP contribution in [0.1, 0.15) is 19.8 Å². The van der Waals surface area contributed by atoms with Crippen molar-refractivity contribution in [1.82, 2.24) is 4.90 Å².